The van der Waals surface area contributed by atoms with Crippen LogP contribution < -0.4 is 13.9 Å². The Hall–Kier alpha value is -7.06. The summed E-state index contributed by atoms with van der Waals surface area (Å²) >= 11 is 0. The fraction of sp³-hybridized carbons (Fsp3) is 0.271. The first-order chi connectivity index (χ1) is 30.7. The van der Waals surface area contributed by atoms with E-state index in [1.807, 2.05) is 36.5 Å². The quantitative estimate of drug-likeness (QED) is 0.157. The molecule has 0 bridgehead atoms. The van der Waals surface area contributed by atoms with Gasteiger partial charge < -0.3 is 4.74 Å². The molecular formula is C59H59N5O+2. The zero-order chi connectivity index (χ0) is 46.2. The van der Waals surface area contributed by atoms with Crippen molar-refractivity contribution in [1.82, 2.24) is 18.7 Å². The molecule has 0 saturated heterocycles. The molecular weight excluding hydrogens is 795 g/mol. The molecule has 324 valence electrons. The van der Waals surface area contributed by atoms with Crippen LogP contribution in [0.5, 0.6) is 11.5 Å². The second-order valence-electron chi connectivity index (χ2n) is 21.6. The van der Waals surface area contributed by atoms with Crippen LogP contribution in [0.2, 0.25) is 0 Å². The lowest BCUT2D eigenvalue weighted by atomic mass is 9.80. The summed E-state index contributed by atoms with van der Waals surface area (Å²) in [5.74, 6) is 2.16. The van der Waals surface area contributed by atoms with Gasteiger partial charge in [0.05, 0.1) is 34.3 Å². The molecule has 6 aromatic carbocycles. The minimum absolute atomic E-state index is 0.00404. The van der Waals surface area contributed by atoms with E-state index >= 15 is 0 Å². The highest BCUT2D eigenvalue weighted by atomic mass is 16.5. The van der Waals surface area contributed by atoms with E-state index in [4.69, 9.17) is 9.72 Å². The Bertz CT molecular complexity index is 3290. The number of pyridine rings is 1. The van der Waals surface area contributed by atoms with Crippen molar-refractivity contribution in [2.75, 3.05) is 0 Å². The molecule has 9 rings (SSSR count). The number of nitrogens with zero attached hydrogens (tertiary/aromatic N) is 5. The molecule has 0 radical (unpaired) electrons. The standard InChI is InChI=1S/C59H59N5O/c1-56(2,3)40-19-13-17-38(29-40)48-22-16-24-51-55(48)63(45-31-42(58(7,8)9)30-43(32-45)59(10,11)12)37-62(51)44-20-15-21-46(34-44)65-47-25-26-49-52(35-47)64(50-23-14-18-39(36-60)54(49)50)53-33-41(27-28-61-53)57(4,5)6/h13-35H,1-12H3/q+2. The summed E-state index contributed by atoms with van der Waals surface area (Å²) in [4.78, 5) is 4.86. The van der Waals surface area contributed by atoms with Crippen LogP contribution in [0.4, 0.5) is 22.7 Å². The van der Waals surface area contributed by atoms with Crippen molar-refractivity contribution in [1.29, 1.82) is 5.26 Å². The molecule has 0 atom stereocenters. The van der Waals surface area contributed by atoms with Crippen molar-refractivity contribution in [3.63, 3.8) is 0 Å². The van der Waals surface area contributed by atoms with E-state index in [0.717, 1.165) is 61.5 Å². The molecule has 0 amide bonds. The van der Waals surface area contributed by atoms with Gasteiger partial charge in [0.15, 0.2) is 0 Å². The summed E-state index contributed by atoms with van der Waals surface area (Å²) in [6.45, 7) is 27.1. The Morgan fingerprint density at radius 1 is 0.554 bits per heavy atom. The summed E-state index contributed by atoms with van der Waals surface area (Å²) in [7, 11) is 0. The van der Waals surface area contributed by atoms with Gasteiger partial charge in [-0.25, -0.2) is 4.98 Å². The minimum atomic E-state index is -0.0694. The minimum Gasteiger partial charge on any atom is -0.457 e. The first-order valence-electron chi connectivity index (χ1n) is 22.7. The van der Waals surface area contributed by atoms with Gasteiger partial charge in [-0.2, -0.15) is 5.26 Å². The number of para-hydroxylation sites is 1. The molecule has 6 heteroatoms. The fourth-order valence-electron chi connectivity index (χ4n) is 8.81. The molecule has 2 aromatic heterocycles. The van der Waals surface area contributed by atoms with Gasteiger partial charge in [0.2, 0.25) is 11.4 Å². The van der Waals surface area contributed by atoms with Crippen molar-refractivity contribution >= 4 is 50.6 Å². The normalized spacial score (nSPS) is 13.2. The van der Waals surface area contributed by atoms with E-state index in [1.165, 1.54) is 22.3 Å². The van der Waals surface area contributed by atoms with E-state index in [9.17, 15) is 5.26 Å². The third-order valence-corrected chi connectivity index (χ3v) is 12.7. The van der Waals surface area contributed by atoms with E-state index < -0.39 is 0 Å². The predicted molar refractivity (Wildman–Crippen MR) is 271 cm³/mol. The lowest BCUT2D eigenvalue weighted by molar-refractivity contribution is 0.483. The highest BCUT2D eigenvalue weighted by Crippen LogP contribution is 2.46. The van der Waals surface area contributed by atoms with Crippen LogP contribution in [0.15, 0.2) is 140 Å². The monoisotopic (exact) mass is 853 g/mol. The van der Waals surface area contributed by atoms with Gasteiger partial charge in [-0.1, -0.05) is 132 Å². The number of ether oxygens (including phenoxy) is 1. The number of hydrogen-bond acceptors (Lipinski definition) is 3. The van der Waals surface area contributed by atoms with Gasteiger partial charge in [0.25, 0.3) is 5.69 Å². The van der Waals surface area contributed by atoms with Gasteiger partial charge in [-0.3, -0.25) is 4.57 Å². The second kappa shape index (κ2) is 15.6. The lowest BCUT2D eigenvalue weighted by Gasteiger charge is -2.24. The summed E-state index contributed by atoms with van der Waals surface area (Å²) in [5.41, 5.74) is 13.7. The molecule has 0 fully saturated rings. The lowest BCUT2D eigenvalue weighted by Crippen LogP contribution is -2.17. The Morgan fingerprint density at radius 2 is 1.20 bits per heavy atom. The first kappa shape index (κ1) is 43.2. The molecule has 0 unspecified atom stereocenters. The van der Waals surface area contributed by atoms with Gasteiger partial charge in [0.1, 0.15) is 17.3 Å². The molecule has 0 N–H and O–H groups in total. The number of fused-ring (bicyclic) bond motifs is 4. The number of nitriles is 1. The van der Waals surface area contributed by atoms with Crippen LogP contribution >= 0.6 is 0 Å². The summed E-state index contributed by atoms with van der Waals surface area (Å²) in [6, 6.07) is 53.3. The molecule has 1 aliphatic heterocycles. The van der Waals surface area contributed by atoms with Gasteiger partial charge in [-0.05, 0) is 107 Å². The second-order valence-corrected chi connectivity index (χ2v) is 21.6. The van der Waals surface area contributed by atoms with Gasteiger partial charge >= 0.3 is 11.7 Å². The predicted octanol–water partition coefficient (Wildman–Crippen LogP) is 15.6. The van der Waals surface area contributed by atoms with E-state index in [-0.39, 0.29) is 21.7 Å². The maximum atomic E-state index is 10.2. The SMILES string of the molecule is CC(C)(C)c1cccc(-c2cccc3c2[N+](c2cc(C(C)(C)C)cc(C(C)(C)C)c2)=C=[N+]3c2cccc(Oc3ccc4c5c(C#N)cccc5n(-c5cc(C(C)(C)C)ccn5)c4c3)c2)c1. The maximum absolute atomic E-state index is 10.2. The average molecular weight is 854 g/mol. The molecule has 0 saturated carbocycles. The highest BCUT2D eigenvalue weighted by molar-refractivity contribution is 6.12. The van der Waals surface area contributed by atoms with Crippen molar-refractivity contribution in [2.24, 2.45) is 0 Å². The molecule has 6 nitrogen and oxygen atoms in total. The highest BCUT2D eigenvalue weighted by Gasteiger charge is 2.40. The van der Waals surface area contributed by atoms with Gasteiger partial charge in [0, 0.05) is 47.3 Å². The fourth-order valence-corrected chi connectivity index (χ4v) is 8.81. The van der Waals surface area contributed by atoms with Crippen LogP contribution in [-0.2, 0) is 21.7 Å². The smallest absolute Gasteiger partial charge is 0.457 e. The van der Waals surface area contributed by atoms with Crippen LogP contribution in [0.1, 0.15) is 111 Å². The Kier molecular flexibility index (Phi) is 10.4. The van der Waals surface area contributed by atoms with E-state index in [1.54, 1.807) is 0 Å². The Balaban J connectivity index is 1.20. The average Bonchev–Trinajstić information content (AvgIpc) is 3.82. The molecule has 0 spiro atoms. The summed E-state index contributed by atoms with van der Waals surface area (Å²) in [6.07, 6.45) is 1.87. The first-order valence-corrected chi connectivity index (χ1v) is 22.7. The molecule has 8 aromatic rings. The Morgan fingerprint density at radius 3 is 1.89 bits per heavy atom. The molecule has 1 aliphatic rings. The van der Waals surface area contributed by atoms with Crippen molar-refractivity contribution in [3.05, 3.63) is 167 Å². The number of aromatic nitrogens is 2. The summed E-state index contributed by atoms with van der Waals surface area (Å²) in [5, 5.41) is 12.1. The third-order valence-electron chi connectivity index (χ3n) is 12.7. The Labute approximate surface area is 384 Å². The van der Waals surface area contributed by atoms with Gasteiger partial charge in [-0.15, -0.1) is 0 Å². The van der Waals surface area contributed by atoms with Crippen molar-refractivity contribution in [3.8, 4) is 34.5 Å². The van der Waals surface area contributed by atoms with Crippen LogP contribution in [-0.4, -0.2) is 15.6 Å². The van der Waals surface area contributed by atoms with E-state index in [2.05, 4.69) is 212 Å². The third kappa shape index (κ3) is 8.07. The number of rotatable bonds is 6. The number of benzene rings is 6. The number of hydrogen-bond donors (Lipinski definition) is 0. The molecule has 3 heterocycles. The van der Waals surface area contributed by atoms with Crippen LogP contribution in [0.3, 0.4) is 0 Å². The molecule has 65 heavy (non-hydrogen) atoms. The van der Waals surface area contributed by atoms with E-state index in [0.29, 0.717) is 17.1 Å². The topological polar surface area (TPSA) is 56.9 Å². The van der Waals surface area contributed by atoms with Crippen LogP contribution in [0.25, 0.3) is 38.8 Å². The summed E-state index contributed by atoms with van der Waals surface area (Å²) < 4.78 is 13.4. The van der Waals surface area contributed by atoms with Crippen molar-refractivity contribution in [2.45, 2.75) is 105 Å². The largest absolute Gasteiger partial charge is 0.503 e. The van der Waals surface area contributed by atoms with Crippen molar-refractivity contribution < 1.29 is 4.74 Å². The van der Waals surface area contributed by atoms with Crippen LogP contribution in [0, 0.1) is 11.3 Å². The zero-order valence-electron chi connectivity index (χ0n) is 39.9. The zero-order valence-corrected chi connectivity index (χ0v) is 39.9. The maximum Gasteiger partial charge on any atom is 0.503 e. The molecule has 0 aliphatic carbocycles.